The summed E-state index contributed by atoms with van der Waals surface area (Å²) in [4.78, 5) is 2.33. The Kier molecular flexibility index (Phi) is 5.09. The van der Waals surface area contributed by atoms with Crippen LogP contribution in [0.15, 0.2) is 12.1 Å². The van der Waals surface area contributed by atoms with Crippen molar-refractivity contribution in [1.82, 2.24) is 24.7 Å². The van der Waals surface area contributed by atoms with Crippen LogP contribution in [0.25, 0.3) is 5.65 Å². The third-order valence-electron chi connectivity index (χ3n) is 3.97. The van der Waals surface area contributed by atoms with Gasteiger partial charge in [0.25, 0.3) is 5.82 Å². The van der Waals surface area contributed by atoms with E-state index in [1.807, 2.05) is 0 Å². The second-order valence-electron chi connectivity index (χ2n) is 6.31. The molecule has 2 aromatic rings. The maximum absolute atomic E-state index is 12.9. The van der Waals surface area contributed by atoms with Gasteiger partial charge in [0.1, 0.15) is 5.82 Å². The molecule has 1 saturated heterocycles. The smallest absolute Gasteiger partial charge is 0.373 e. The van der Waals surface area contributed by atoms with Crippen molar-refractivity contribution < 1.29 is 17.9 Å². The molecule has 0 aliphatic carbocycles. The van der Waals surface area contributed by atoms with Gasteiger partial charge in [0.15, 0.2) is 5.65 Å². The molecular formula is C15H21F3N6O. The highest BCUT2D eigenvalue weighted by Gasteiger charge is 2.37. The summed E-state index contributed by atoms with van der Waals surface area (Å²) in [5.74, 6) is -0.760. The summed E-state index contributed by atoms with van der Waals surface area (Å²) in [5, 5.41) is 13.6. The number of alkyl halides is 3. The van der Waals surface area contributed by atoms with Crippen LogP contribution in [0.5, 0.6) is 0 Å². The Balaban J connectivity index is 1.55. The molecule has 138 valence electrons. The summed E-state index contributed by atoms with van der Waals surface area (Å²) in [6.45, 7) is 7.40. The van der Waals surface area contributed by atoms with Gasteiger partial charge >= 0.3 is 6.18 Å². The topological polar surface area (TPSA) is 67.6 Å². The lowest BCUT2D eigenvalue weighted by Gasteiger charge is -2.35. The molecule has 7 nitrogen and oxygen atoms in total. The van der Waals surface area contributed by atoms with Gasteiger partial charge in [0.05, 0.1) is 12.2 Å². The van der Waals surface area contributed by atoms with E-state index in [2.05, 4.69) is 39.4 Å². The molecule has 3 heterocycles. The Morgan fingerprint density at radius 1 is 1.20 bits per heavy atom. The van der Waals surface area contributed by atoms with Crippen LogP contribution in [-0.4, -0.2) is 63.1 Å². The lowest BCUT2D eigenvalue weighted by Crippen LogP contribution is -2.45. The van der Waals surface area contributed by atoms with E-state index in [9.17, 15) is 13.2 Å². The molecule has 2 unspecified atom stereocenters. The van der Waals surface area contributed by atoms with E-state index >= 15 is 0 Å². The summed E-state index contributed by atoms with van der Waals surface area (Å²) < 4.78 is 45.0. The molecule has 0 saturated carbocycles. The predicted octanol–water partition coefficient (Wildman–Crippen LogP) is 2.05. The Labute approximate surface area is 143 Å². The molecule has 0 radical (unpaired) electrons. The first kappa shape index (κ1) is 17.9. The SMILES string of the molecule is CC1CN(CCCNc2ccc3nnc(C(F)(F)F)n3n2)CC(C)O1. The van der Waals surface area contributed by atoms with Gasteiger partial charge < -0.3 is 10.1 Å². The molecule has 1 fully saturated rings. The van der Waals surface area contributed by atoms with Crippen LogP contribution < -0.4 is 5.32 Å². The molecule has 0 bridgehead atoms. The number of fused-ring (bicyclic) bond motifs is 1. The number of rotatable bonds is 5. The van der Waals surface area contributed by atoms with Crippen molar-refractivity contribution in [1.29, 1.82) is 0 Å². The van der Waals surface area contributed by atoms with Crippen LogP contribution in [-0.2, 0) is 10.9 Å². The molecule has 2 aromatic heterocycles. The lowest BCUT2D eigenvalue weighted by atomic mass is 10.2. The molecule has 0 spiro atoms. The molecule has 0 aromatic carbocycles. The van der Waals surface area contributed by atoms with E-state index < -0.39 is 12.0 Å². The molecular weight excluding hydrogens is 337 g/mol. The Hall–Kier alpha value is -1.94. The van der Waals surface area contributed by atoms with Crippen molar-refractivity contribution in [3.8, 4) is 0 Å². The Morgan fingerprint density at radius 3 is 2.60 bits per heavy atom. The van der Waals surface area contributed by atoms with Crippen LogP contribution >= 0.6 is 0 Å². The van der Waals surface area contributed by atoms with Gasteiger partial charge in [-0.05, 0) is 32.4 Å². The zero-order valence-electron chi connectivity index (χ0n) is 14.1. The van der Waals surface area contributed by atoms with Crippen LogP contribution in [0.3, 0.4) is 0 Å². The van der Waals surface area contributed by atoms with E-state index in [1.165, 1.54) is 6.07 Å². The molecule has 1 aliphatic heterocycles. The largest absolute Gasteiger partial charge is 0.453 e. The van der Waals surface area contributed by atoms with E-state index in [0.717, 1.165) is 26.1 Å². The number of ether oxygens (including phenoxy) is 1. The summed E-state index contributed by atoms with van der Waals surface area (Å²) in [5.41, 5.74) is 0.0640. The van der Waals surface area contributed by atoms with Gasteiger partial charge in [0.2, 0.25) is 0 Å². The number of hydrogen-bond acceptors (Lipinski definition) is 6. The second-order valence-corrected chi connectivity index (χ2v) is 6.31. The van der Waals surface area contributed by atoms with E-state index in [-0.39, 0.29) is 17.9 Å². The molecule has 1 aliphatic rings. The maximum atomic E-state index is 12.9. The van der Waals surface area contributed by atoms with Gasteiger partial charge in [-0.25, -0.2) is 0 Å². The minimum atomic E-state index is -4.59. The van der Waals surface area contributed by atoms with Crippen LogP contribution in [0, 0.1) is 0 Å². The zero-order chi connectivity index (χ0) is 18.0. The monoisotopic (exact) mass is 358 g/mol. The highest BCUT2D eigenvalue weighted by molar-refractivity contribution is 5.44. The number of morpholine rings is 1. The minimum absolute atomic E-state index is 0.0640. The minimum Gasteiger partial charge on any atom is -0.373 e. The quantitative estimate of drug-likeness (QED) is 0.826. The highest BCUT2D eigenvalue weighted by Crippen LogP contribution is 2.27. The standard InChI is InChI=1S/C15H21F3N6O/c1-10-8-23(9-11(2)25-10)7-3-6-19-12-4-5-13-20-21-14(15(16,17)18)24(13)22-12/h4-5,10-11H,3,6-9H2,1-2H3,(H,19,22). The van der Waals surface area contributed by atoms with Crippen molar-refractivity contribution in [2.75, 3.05) is 31.5 Å². The first-order chi connectivity index (χ1) is 11.8. The molecule has 2 atom stereocenters. The average molecular weight is 358 g/mol. The number of anilines is 1. The maximum Gasteiger partial charge on any atom is 0.453 e. The van der Waals surface area contributed by atoms with Gasteiger partial charge in [-0.3, -0.25) is 4.90 Å². The van der Waals surface area contributed by atoms with Crippen LogP contribution in [0.4, 0.5) is 19.0 Å². The van der Waals surface area contributed by atoms with Crippen molar-refractivity contribution in [3.05, 3.63) is 18.0 Å². The number of halogens is 3. The van der Waals surface area contributed by atoms with Crippen LogP contribution in [0.1, 0.15) is 26.1 Å². The van der Waals surface area contributed by atoms with Crippen molar-refractivity contribution in [3.63, 3.8) is 0 Å². The van der Waals surface area contributed by atoms with Crippen molar-refractivity contribution in [2.24, 2.45) is 0 Å². The molecule has 3 rings (SSSR count). The summed E-state index contributed by atoms with van der Waals surface area (Å²) in [6.07, 6.45) is -3.30. The zero-order valence-corrected chi connectivity index (χ0v) is 14.1. The number of hydrogen-bond donors (Lipinski definition) is 1. The summed E-state index contributed by atoms with van der Waals surface area (Å²) in [6, 6.07) is 3.06. The first-order valence-corrected chi connectivity index (χ1v) is 8.24. The number of nitrogens with zero attached hydrogens (tertiary/aromatic N) is 5. The molecule has 0 amide bonds. The second kappa shape index (κ2) is 7.12. The predicted molar refractivity (Wildman–Crippen MR) is 85.3 cm³/mol. The van der Waals surface area contributed by atoms with Gasteiger partial charge in [-0.15, -0.1) is 15.3 Å². The van der Waals surface area contributed by atoms with Gasteiger partial charge in [0, 0.05) is 26.2 Å². The number of nitrogens with one attached hydrogen (secondary N) is 1. The molecule has 1 N–H and O–H groups in total. The lowest BCUT2D eigenvalue weighted by molar-refractivity contribution is -0.146. The summed E-state index contributed by atoms with van der Waals surface area (Å²) >= 11 is 0. The van der Waals surface area contributed by atoms with Crippen LogP contribution in [0.2, 0.25) is 0 Å². The van der Waals surface area contributed by atoms with E-state index in [4.69, 9.17) is 4.74 Å². The Morgan fingerprint density at radius 2 is 1.92 bits per heavy atom. The normalized spacial score (nSPS) is 22.4. The average Bonchev–Trinajstić information content (AvgIpc) is 2.94. The summed E-state index contributed by atoms with van der Waals surface area (Å²) in [7, 11) is 0. The highest BCUT2D eigenvalue weighted by atomic mass is 19.4. The Bertz CT molecular complexity index is 709. The molecule has 10 heteroatoms. The van der Waals surface area contributed by atoms with E-state index in [1.54, 1.807) is 6.07 Å². The van der Waals surface area contributed by atoms with Crippen molar-refractivity contribution >= 4 is 11.5 Å². The number of aromatic nitrogens is 4. The first-order valence-electron chi connectivity index (χ1n) is 8.24. The van der Waals surface area contributed by atoms with Crippen molar-refractivity contribution in [2.45, 2.75) is 38.7 Å². The van der Waals surface area contributed by atoms with Gasteiger partial charge in [-0.1, -0.05) is 0 Å². The van der Waals surface area contributed by atoms with Gasteiger partial charge in [-0.2, -0.15) is 17.7 Å². The van der Waals surface area contributed by atoms with E-state index in [0.29, 0.717) is 16.9 Å². The fourth-order valence-electron chi connectivity index (χ4n) is 3.05. The third kappa shape index (κ3) is 4.37. The molecule has 25 heavy (non-hydrogen) atoms. The third-order valence-corrected chi connectivity index (χ3v) is 3.97. The fraction of sp³-hybridized carbons (Fsp3) is 0.667. The fourth-order valence-corrected chi connectivity index (χ4v) is 3.05.